The van der Waals surface area contributed by atoms with Crippen LogP contribution in [0.15, 0.2) is 0 Å². The number of fused-ring (bicyclic) bond motifs is 1. The Labute approximate surface area is 56.4 Å². The Kier molecular flexibility index (Phi) is 0.852. The molecular formula is C8H14O. The lowest BCUT2D eigenvalue weighted by Gasteiger charge is -2.17. The van der Waals surface area contributed by atoms with Crippen molar-refractivity contribution >= 4 is 0 Å². The second-order valence-electron chi connectivity index (χ2n) is 3.77. The normalized spacial score (nSPS) is 56.7. The van der Waals surface area contributed by atoms with Crippen molar-refractivity contribution < 1.29 is 4.74 Å². The molecule has 1 saturated carbocycles. The molecule has 1 saturated heterocycles. The number of epoxide rings is 1. The van der Waals surface area contributed by atoms with Crippen LogP contribution in [-0.4, -0.2) is 11.2 Å². The van der Waals surface area contributed by atoms with E-state index in [0.717, 1.165) is 0 Å². The highest BCUT2D eigenvalue weighted by Gasteiger charge is 2.63. The standard InChI is InChI=1S/C8H14O/c1-7-5-3-4-6-8(7,2)9-7/h3-6H2,1-2H3/t7-,8+. The first-order valence-corrected chi connectivity index (χ1v) is 3.87. The van der Waals surface area contributed by atoms with Gasteiger partial charge in [-0.25, -0.2) is 0 Å². The molecule has 2 rings (SSSR count). The van der Waals surface area contributed by atoms with Crippen LogP contribution in [-0.2, 0) is 4.74 Å². The van der Waals surface area contributed by atoms with Gasteiger partial charge in [0, 0.05) is 0 Å². The van der Waals surface area contributed by atoms with Crippen molar-refractivity contribution in [3.8, 4) is 0 Å². The molecule has 1 heterocycles. The van der Waals surface area contributed by atoms with E-state index in [4.69, 9.17) is 4.74 Å². The Morgan fingerprint density at radius 3 is 1.78 bits per heavy atom. The topological polar surface area (TPSA) is 12.5 Å². The van der Waals surface area contributed by atoms with Crippen LogP contribution in [0.5, 0.6) is 0 Å². The molecule has 0 spiro atoms. The SMILES string of the molecule is C[C@@]12CCCC[C@]1(C)O2. The first kappa shape index (κ1) is 5.72. The van der Waals surface area contributed by atoms with Crippen LogP contribution >= 0.6 is 0 Å². The van der Waals surface area contributed by atoms with E-state index in [1.165, 1.54) is 25.7 Å². The summed E-state index contributed by atoms with van der Waals surface area (Å²) in [5, 5.41) is 0. The van der Waals surface area contributed by atoms with E-state index >= 15 is 0 Å². The maximum absolute atomic E-state index is 5.65. The second kappa shape index (κ2) is 1.34. The highest BCUT2D eigenvalue weighted by Crippen LogP contribution is 2.56. The summed E-state index contributed by atoms with van der Waals surface area (Å²) >= 11 is 0. The van der Waals surface area contributed by atoms with E-state index in [1.807, 2.05) is 0 Å². The van der Waals surface area contributed by atoms with Gasteiger partial charge in [-0.2, -0.15) is 0 Å². The van der Waals surface area contributed by atoms with Crippen LogP contribution in [0.3, 0.4) is 0 Å². The van der Waals surface area contributed by atoms with Crippen LogP contribution in [0.2, 0.25) is 0 Å². The van der Waals surface area contributed by atoms with Crippen molar-refractivity contribution in [1.82, 2.24) is 0 Å². The second-order valence-corrected chi connectivity index (χ2v) is 3.77. The predicted octanol–water partition coefficient (Wildman–Crippen LogP) is 2.11. The molecule has 0 aromatic heterocycles. The summed E-state index contributed by atoms with van der Waals surface area (Å²) in [5.74, 6) is 0. The fourth-order valence-corrected chi connectivity index (χ4v) is 2.03. The average Bonchev–Trinajstić information content (AvgIpc) is 2.33. The zero-order valence-corrected chi connectivity index (χ0v) is 6.24. The summed E-state index contributed by atoms with van der Waals surface area (Å²) in [6, 6.07) is 0. The molecule has 1 nitrogen and oxygen atoms in total. The smallest absolute Gasteiger partial charge is 0.0949 e. The average molecular weight is 126 g/mol. The largest absolute Gasteiger partial charge is 0.363 e. The molecule has 2 fully saturated rings. The number of hydrogen-bond acceptors (Lipinski definition) is 1. The summed E-state index contributed by atoms with van der Waals surface area (Å²) in [5.41, 5.74) is 0.566. The fourth-order valence-electron chi connectivity index (χ4n) is 2.03. The van der Waals surface area contributed by atoms with Crippen LogP contribution in [0.4, 0.5) is 0 Å². The maximum Gasteiger partial charge on any atom is 0.0949 e. The van der Waals surface area contributed by atoms with E-state index < -0.39 is 0 Å². The van der Waals surface area contributed by atoms with Gasteiger partial charge in [-0.1, -0.05) is 12.8 Å². The Hall–Kier alpha value is -0.0400. The Morgan fingerprint density at radius 1 is 1.00 bits per heavy atom. The van der Waals surface area contributed by atoms with Gasteiger partial charge in [-0.15, -0.1) is 0 Å². The Morgan fingerprint density at radius 2 is 1.44 bits per heavy atom. The van der Waals surface area contributed by atoms with E-state index in [0.29, 0.717) is 0 Å². The highest BCUT2D eigenvalue weighted by molar-refractivity contribution is 5.12. The van der Waals surface area contributed by atoms with Crippen LogP contribution in [0, 0.1) is 0 Å². The minimum absolute atomic E-state index is 0.283. The van der Waals surface area contributed by atoms with Crippen molar-refractivity contribution in [3.63, 3.8) is 0 Å². The van der Waals surface area contributed by atoms with E-state index in [2.05, 4.69) is 13.8 Å². The van der Waals surface area contributed by atoms with E-state index in [1.54, 1.807) is 0 Å². The van der Waals surface area contributed by atoms with Crippen molar-refractivity contribution in [1.29, 1.82) is 0 Å². The molecule has 2 aliphatic rings. The first-order chi connectivity index (χ1) is 4.16. The van der Waals surface area contributed by atoms with Gasteiger partial charge in [0.25, 0.3) is 0 Å². The van der Waals surface area contributed by atoms with E-state index in [-0.39, 0.29) is 11.2 Å². The molecule has 1 aliphatic heterocycles. The van der Waals surface area contributed by atoms with Crippen LogP contribution in [0.25, 0.3) is 0 Å². The van der Waals surface area contributed by atoms with Crippen molar-refractivity contribution in [2.45, 2.75) is 50.7 Å². The summed E-state index contributed by atoms with van der Waals surface area (Å²) in [6.07, 6.45) is 5.30. The van der Waals surface area contributed by atoms with Crippen LogP contribution in [0.1, 0.15) is 39.5 Å². The van der Waals surface area contributed by atoms with Crippen molar-refractivity contribution in [2.24, 2.45) is 0 Å². The molecule has 52 valence electrons. The van der Waals surface area contributed by atoms with Crippen molar-refractivity contribution in [3.05, 3.63) is 0 Å². The third kappa shape index (κ3) is 0.586. The van der Waals surface area contributed by atoms with E-state index in [9.17, 15) is 0 Å². The molecule has 9 heavy (non-hydrogen) atoms. The summed E-state index contributed by atoms with van der Waals surface area (Å²) in [6.45, 7) is 4.48. The third-order valence-electron chi connectivity index (χ3n) is 3.09. The summed E-state index contributed by atoms with van der Waals surface area (Å²) in [4.78, 5) is 0. The molecule has 0 amide bonds. The molecule has 0 unspecified atom stereocenters. The molecule has 0 radical (unpaired) electrons. The zero-order chi connectivity index (χ0) is 6.54. The molecular weight excluding hydrogens is 112 g/mol. The van der Waals surface area contributed by atoms with Gasteiger partial charge in [0.15, 0.2) is 0 Å². The lowest BCUT2D eigenvalue weighted by molar-refractivity contribution is 0.279. The highest BCUT2D eigenvalue weighted by atomic mass is 16.6. The number of rotatable bonds is 0. The Balaban J connectivity index is 2.15. The van der Waals surface area contributed by atoms with Gasteiger partial charge >= 0.3 is 0 Å². The monoisotopic (exact) mass is 126 g/mol. The summed E-state index contributed by atoms with van der Waals surface area (Å²) < 4.78 is 5.65. The lowest BCUT2D eigenvalue weighted by Crippen LogP contribution is -2.23. The minimum atomic E-state index is 0.283. The van der Waals surface area contributed by atoms with Crippen LogP contribution < -0.4 is 0 Å². The minimum Gasteiger partial charge on any atom is -0.363 e. The quantitative estimate of drug-likeness (QED) is 0.453. The van der Waals surface area contributed by atoms with Crippen molar-refractivity contribution in [2.75, 3.05) is 0 Å². The van der Waals surface area contributed by atoms with Gasteiger partial charge < -0.3 is 4.74 Å². The number of hydrogen-bond donors (Lipinski definition) is 0. The molecule has 2 atom stereocenters. The molecule has 0 bridgehead atoms. The molecule has 1 aliphatic carbocycles. The first-order valence-electron chi connectivity index (χ1n) is 3.87. The van der Waals surface area contributed by atoms with Gasteiger partial charge in [0.1, 0.15) is 0 Å². The molecule has 0 aromatic rings. The van der Waals surface area contributed by atoms with Gasteiger partial charge in [-0.05, 0) is 26.7 Å². The molecule has 1 heteroatoms. The van der Waals surface area contributed by atoms with Gasteiger partial charge in [-0.3, -0.25) is 0 Å². The zero-order valence-electron chi connectivity index (χ0n) is 6.24. The predicted molar refractivity (Wildman–Crippen MR) is 36.4 cm³/mol. The Bertz CT molecular complexity index is 120. The van der Waals surface area contributed by atoms with Gasteiger partial charge in [0.05, 0.1) is 11.2 Å². The van der Waals surface area contributed by atoms with Gasteiger partial charge in [0.2, 0.25) is 0 Å². The maximum atomic E-state index is 5.65. The summed E-state index contributed by atoms with van der Waals surface area (Å²) in [7, 11) is 0. The molecule has 0 aromatic carbocycles. The fraction of sp³-hybridized carbons (Fsp3) is 1.00. The third-order valence-corrected chi connectivity index (χ3v) is 3.09. The lowest BCUT2D eigenvalue weighted by atomic mass is 9.82. The molecule has 0 N–H and O–H groups in total. The number of ether oxygens (including phenoxy) is 1.